The summed E-state index contributed by atoms with van der Waals surface area (Å²) >= 11 is 0. The summed E-state index contributed by atoms with van der Waals surface area (Å²) in [7, 11) is -3.06. The molecule has 0 aliphatic carbocycles. The second kappa shape index (κ2) is 5.27. The van der Waals surface area contributed by atoms with Crippen LogP contribution in [-0.4, -0.2) is 43.8 Å². The summed E-state index contributed by atoms with van der Waals surface area (Å²) in [6.45, 7) is 6.82. The van der Waals surface area contributed by atoms with Gasteiger partial charge in [0.2, 0.25) is 10.0 Å². The highest BCUT2D eigenvalue weighted by Crippen LogP contribution is 2.15. The van der Waals surface area contributed by atoms with Gasteiger partial charge in [-0.1, -0.05) is 13.3 Å². The van der Waals surface area contributed by atoms with Crippen LogP contribution in [-0.2, 0) is 14.8 Å². The lowest BCUT2D eigenvalue weighted by Gasteiger charge is -2.34. The third kappa shape index (κ3) is 3.74. The summed E-state index contributed by atoms with van der Waals surface area (Å²) in [5.74, 6) is 0.267. The molecule has 2 atom stereocenters. The molecule has 0 aromatic heterocycles. The molecule has 0 unspecified atom stereocenters. The molecule has 0 saturated carbocycles. The van der Waals surface area contributed by atoms with Gasteiger partial charge in [0.05, 0.1) is 18.0 Å². The SMILES string of the molecule is CCCCS(=O)(=O)N1C[C@H](C)O[C@@H](C)C1. The maximum Gasteiger partial charge on any atom is 0.214 e. The highest BCUT2D eigenvalue weighted by molar-refractivity contribution is 7.89. The van der Waals surface area contributed by atoms with E-state index in [0.29, 0.717) is 13.1 Å². The van der Waals surface area contributed by atoms with Gasteiger partial charge in [-0.05, 0) is 20.3 Å². The Kier molecular flexibility index (Phi) is 4.55. The number of rotatable bonds is 4. The smallest absolute Gasteiger partial charge is 0.214 e. The summed E-state index contributed by atoms with van der Waals surface area (Å²) in [5.41, 5.74) is 0. The van der Waals surface area contributed by atoms with Gasteiger partial charge >= 0.3 is 0 Å². The number of nitrogens with zero attached hydrogens (tertiary/aromatic N) is 1. The molecule has 0 amide bonds. The Labute approximate surface area is 92.7 Å². The first-order chi connectivity index (χ1) is 6.95. The van der Waals surface area contributed by atoms with E-state index in [9.17, 15) is 8.42 Å². The molecule has 1 aliphatic heterocycles. The zero-order valence-electron chi connectivity index (χ0n) is 9.77. The monoisotopic (exact) mass is 235 g/mol. The molecule has 0 radical (unpaired) electrons. The normalized spacial score (nSPS) is 29.3. The van der Waals surface area contributed by atoms with Gasteiger partial charge in [-0.15, -0.1) is 0 Å². The minimum absolute atomic E-state index is 0.00477. The Morgan fingerprint density at radius 3 is 2.27 bits per heavy atom. The zero-order chi connectivity index (χ0) is 11.5. The molecule has 0 aromatic carbocycles. The second-order valence-electron chi connectivity index (χ2n) is 4.24. The molecule has 1 fully saturated rings. The molecule has 5 heteroatoms. The summed E-state index contributed by atoms with van der Waals surface area (Å²) < 4.78 is 30.9. The van der Waals surface area contributed by atoms with E-state index in [1.807, 2.05) is 20.8 Å². The molecule has 1 saturated heterocycles. The van der Waals surface area contributed by atoms with Crippen molar-refractivity contribution in [3.63, 3.8) is 0 Å². The Hall–Kier alpha value is -0.130. The lowest BCUT2D eigenvalue weighted by atomic mass is 10.3. The van der Waals surface area contributed by atoms with E-state index in [-0.39, 0.29) is 18.0 Å². The van der Waals surface area contributed by atoms with Gasteiger partial charge in [-0.25, -0.2) is 8.42 Å². The van der Waals surface area contributed by atoms with Crippen LogP contribution in [0.2, 0.25) is 0 Å². The van der Waals surface area contributed by atoms with Crippen LogP contribution < -0.4 is 0 Å². The summed E-state index contributed by atoms with van der Waals surface area (Å²) in [6.07, 6.45) is 1.66. The quantitative estimate of drug-likeness (QED) is 0.736. The van der Waals surface area contributed by atoms with Gasteiger partial charge < -0.3 is 4.74 Å². The van der Waals surface area contributed by atoms with Crippen LogP contribution in [0.1, 0.15) is 33.6 Å². The van der Waals surface area contributed by atoms with E-state index in [4.69, 9.17) is 4.74 Å². The van der Waals surface area contributed by atoms with Gasteiger partial charge in [-0.2, -0.15) is 4.31 Å². The van der Waals surface area contributed by atoms with Crippen molar-refractivity contribution in [3.8, 4) is 0 Å². The molecule has 0 bridgehead atoms. The van der Waals surface area contributed by atoms with Gasteiger partial charge in [0, 0.05) is 13.1 Å². The number of morpholine rings is 1. The highest BCUT2D eigenvalue weighted by Gasteiger charge is 2.30. The molecule has 0 N–H and O–H groups in total. The van der Waals surface area contributed by atoms with Crippen molar-refractivity contribution in [3.05, 3.63) is 0 Å². The average Bonchev–Trinajstić information content (AvgIpc) is 2.13. The van der Waals surface area contributed by atoms with Crippen LogP contribution in [0.3, 0.4) is 0 Å². The van der Waals surface area contributed by atoms with E-state index < -0.39 is 10.0 Å². The third-order valence-electron chi connectivity index (χ3n) is 2.54. The van der Waals surface area contributed by atoms with Crippen molar-refractivity contribution in [2.75, 3.05) is 18.8 Å². The van der Waals surface area contributed by atoms with Crippen molar-refractivity contribution < 1.29 is 13.2 Å². The number of unbranched alkanes of at least 4 members (excludes halogenated alkanes) is 1. The fourth-order valence-corrected chi connectivity index (χ4v) is 3.60. The number of hydrogen-bond donors (Lipinski definition) is 0. The minimum Gasteiger partial charge on any atom is -0.373 e. The topological polar surface area (TPSA) is 46.6 Å². The van der Waals surface area contributed by atoms with Crippen LogP contribution in [0.15, 0.2) is 0 Å². The molecule has 0 aromatic rings. The highest BCUT2D eigenvalue weighted by atomic mass is 32.2. The van der Waals surface area contributed by atoms with Crippen LogP contribution >= 0.6 is 0 Å². The summed E-state index contributed by atoms with van der Waals surface area (Å²) in [6, 6.07) is 0. The van der Waals surface area contributed by atoms with Crippen molar-refractivity contribution >= 4 is 10.0 Å². The van der Waals surface area contributed by atoms with Crippen LogP contribution in [0.25, 0.3) is 0 Å². The number of ether oxygens (including phenoxy) is 1. The largest absolute Gasteiger partial charge is 0.373 e. The summed E-state index contributed by atoms with van der Waals surface area (Å²) in [5, 5.41) is 0. The Morgan fingerprint density at radius 2 is 1.80 bits per heavy atom. The Morgan fingerprint density at radius 1 is 1.27 bits per heavy atom. The number of hydrogen-bond acceptors (Lipinski definition) is 3. The van der Waals surface area contributed by atoms with Crippen LogP contribution in [0, 0.1) is 0 Å². The van der Waals surface area contributed by atoms with Crippen molar-refractivity contribution in [1.82, 2.24) is 4.31 Å². The van der Waals surface area contributed by atoms with Crippen LogP contribution in [0.4, 0.5) is 0 Å². The van der Waals surface area contributed by atoms with Gasteiger partial charge in [0.15, 0.2) is 0 Å². The predicted molar refractivity (Wildman–Crippen MR) is 60.3 cm³/mol. The van der Waals surface area contributed by atoms with E-state index in [1.54, 1.807) is 4.31 Å². The predicted octanol–water partition coefficient (Wildman–Crippen LogP) is 1.23. The van der Waals surface area contributed by atoms with E-state index in [1.165, 1.54) is 0 Å². The summed E-state index contributed by atoms with van der Waals surface area (Å²) in [4.78, 5) is 0. The first-order valence-corrected chi connectivity index (χ1v) is 7.20. The standard InChI is InChI=1S/C10H21NO3S/c1-4-5-6-15(12,13)11-7-9(2)14-10(3)8-11/h9-10H,4-8H2,1-3H3/t9-,10-/m0/s1. The molecule has 1 aliphatic rings. The zero-order valence-corrected chi connectivity index (χ0v) is 10.6. The minimum atomic E-state index is -3.06. The molecule has 1 heterocycles. The van der Waals surface area contributed by atoms with E-state index >= 15 is 0 Å². The molecule has 90 valence electrons. The fourth-order valence-electron chi connectivity index (χ4n) is 1.81. The first kappa shape index (κ1) is 12.9. The van der Waals surface area contributed by atoms with Gasteiger partial charge in [0.1, 0.15) is 0 Å². The Balaban J connectivity index is 2.61. The maximum atomic E-state index is 11.9. The molecule has 15 heavy (non-hydrogen) atoms. The third-order valence-corrected chi connectivity index (χ3v) is 4.42. The average molecular weight is 235 g/mol. The van der Waals surface area contributed by atoms with E-state index in [2.05, 4.69) is 0 Å². The maximum absolute atomic E-state index is 11.9. The van der Waals surface area contributed by atoms with Crippen molar-refractivity contribution in [1.29, 1.82) is 0 Å². The fraction of sp³-hybridized carbons (Fsp3) is 1.00. The lowest BCUT2D eigenvalue weighted by molar-refractivity contribution is -0.0440. The van der Waals surface area contributed by atoms with Crippen molar-refractivity contribution in [2.24, 2.45) is 0 Å². The molecular formula is C10H21NO3S. The van der Waals surface area contributed by atoms with Gasteiger partial charge in [0.25, 0.3) is 0 Å². The lowest BCUT2D eigenvalue weighted by Crippen LogP contribution is -2.48. The number of sulfonamides is 1. The Bertz CT molecular complexity index is 279. The molecule has 1 rings (SSSR count). The van der Waals surface area contributed by atoms with Crippen molar-refractivity contribution in [2.45, 2.75) is 45.8 Å². The van der Waals surface area contributed by atoms with Gasteiger partial charge in [-0.3, -0.25) is 0 Å². The first-order valence-electron chi connectivity index (χ1n) is 5.59. The molecule has 0 spiro atoms. The van der Waals surface area contributed by atoms with E-state index in [0.717, 1.165) is 12.8 Å². The molecular weight excluding hydrogens is 214 g/mol. The van der Waals surface area contributed by atoms with Crippen LogP contribution in [0.5, 0.6) is 0 Å². The second-order valence-corrected chi connectivity index (χ2v) is 6.33. The molecule has 4 nitrogen and oxygen atoms in total.